The van der Waals surface area contributed by atoms with Crippen LogP contribution in [0.1, 0.15) is 25.5 Å². The van der Waals surface area contributed by atoms with Crippen molar-refractivity contribution in [3.8, 4) is 22.4 Å². The third kappa shape index (κ3) is 4.81. The molecule has 9 nitrogen and oxygen atoms in total. The SMILES string of the molecule is CCOC(=O)Nc1nc2cc(-c3cc(C)n(CC4CCCN4)c(=O)c3)cc(-c3ccccn3)c2[nH]1. The molecule has 3 N–H and O–H groups in total. The van der Waals surface area contributed by atoms with E-state index < -0.39 is 6.09 Å². The molecule has 1 aliphatic heterocycles. The van der Waals surface area contributed by atoms with Crippen molar-refractivity contribution in [2.45, 2.75) is 39.3 Å². The summed E-state index contributed by atoms with van der Waals surface area (Å²) in [6.45, 7) is 5.64. The normalized spacial score (nSPS) is 15.4. The summed E-state index contributed by atoms with van der Waals surface area (Å²) in [7, 11) is 0. The highest BCUT2D eigenvalue weighted by Gasteiger charge is 2.18. The molecule has 0 saturated carbocycles. The Morgan fingerprint density at radius 3 is 2.80 bits per heavy atom. The van der Waals surface area contributed by atoms with Crippen LogP contribution < -0.4 is 16.2 Å². The Morgan fingerprint density at radius 2 is 2.09 bits per heavy atom. The van der Waals surface area contributed by atoms with Crippen molar-refractivity contribution in [3.05, 3.63) is 64.7 Å². The van der Waals surface area contributed by atoms with Gasteiger partial charge in [0.15, 0.2) is 0 Å². The van der Waals surface area contributed by atoms with E-state index in [2.05, 4.69) is 25.6 Å². The first-order valence-electron chi connectivity index (χ1n) is 11.9. The van der Waals surface area contributed by atoms with Gasteiger partial charge in [-0.15, -0.1) is 0 Å². The lowest BCUT2D eigenvalue weighted by Gasteiger charge is -2.16. The number of amides is 1. The largest absolute Gasteiger partial charge is 0.450 e. The molecule has 1 saturated heterocycles. The number of carbonyl (C=O) groups excluding carboxylic acids is 1. The molecule has 0 spiro atoms. The van der Waals surface area contributed by atoms with Gasteiger partial charge in [-0.2, -0.15) is 0 Å². The van der Waals surface area contributed by atoms with Crippen molar-refractivity contribution in [3.63, 3.8) is 0 Å². The van der Waals surface area contributed by atoms with Crippen molar-refractivity contribution in [2.75, 3.05) is 18.5 Å². The molecule has 1 fully saturated rings. The first-order valence-corrected chi connectivity index (χ1v) is 11.9. The number of pyridine rings is 2. The number of aromatic nitrogens is 4. The maximum Gasteiger partial charge on any atom is 0.413 e. The Kier molecular flexibility index (Phi) is 6.33. The molecule has 3 aromatic heterocycles. The molecule has 1 amide bonds. The van der Waals surface area contributed by atoms with E-state index in [4.69, 9.17) is 4.74 Å². The fraction of sp³-hybridized carbons (Fsp3) is 0.308. The van der Waals surface area contributed by atoms with E-state index in [9.17, 15) is 9.59 Å². The van der Waals surface area contributed by atoms with E-state index in [1.807, 2.05) is 47.9 Å². The van der Waals surface area contributed by atoms with Crippen molar-refractivity contribution < 1.29 is 9.53 Å². The summed E-state index contributed by atoms with van der Waals surface area (Å²) in [5.41, 5.74) is 5.49. The molecule has 0 radical (unpaired) electrons. The molecule has 9 heteroatoms. The third-order valence-corrected chi connectivity index (χ3v) is 6.26. The number of hydrogen-bond acceptors (Lipinski definition) is 6. The molecule has 0 bridgehead atoms. The average molecular weight is 473 g/mol. The third-order valence-electron chi connectivity index (χ3n) is 6.26. The van der Waals surface area contributed by atoms with E-state index >= 15 is 0 Å². The van der Waals surface area contributed by atoms with Crippen molar-refractivity contribution >= 4 is 23.1 Å². The summed E-state index contributed by atoms with van der Waals surface area (Å²) in [5.74, 6) is 0.281. The fourth-order valence-electron chi connectivity index (χ4n) is 4.59. The Labute approximate surface area is 202 Å². The molecule has 1 atom stereocenters. The smallest absolute Gasteiger partial charge is 0.413 e. The summed E-state index contributed by atoms with van der Waals surface area (Å²) >= 11 is 0. The Hall–Kier alpha value is -3.98. The van der Waals surface area contributed by atoms with E-state index in [-0.39, 0.29) is 18.1 Å². The van der Waals surface area contributed by atoms with Crippen molar-refractivity contribution in [1.82, 2.24) is 24.8 Å². The van der Waals surface area contributed by atoms with Gasteiger partial charge in [0.1, 0.15) is 0 Å². The lowest BCUT2D eigenvalue weighted by Crippen LogP contribution is -2.33. The zero-order valence-electron chi connectivity index (χ0n) is 19.8. The standard InChI is InChI=1S/C26H28N6O3/c1-3-35-26(34)31-25-29-22-13-18(12-20(24(22)30-25)21-8-4-5-9-28-21)17-11-16(2)32(23(33)14-17)15-19-7-6-10-27-19/h4-5,8-9,11-14,19,27H,3,6-7,10,15H2,1-2H3,(H2,29,30,31,34). The summed E-state index contributed by atoms with van der Waals surface area (Å²) in [4.78, 5) is 37.2. The van der Waals surface area contributed by atoms with Gasteiger partial charge in [-0.25, -0.2) is 9.78 Å². The van der Waals surface area contributed by atoms with Crippen LogP contribution in [0.5, 0.6) is 0 Å². The zero-order chi connectivity index (χ0) is 24.4. The second-order valence-corrected chi connectivity index (χ2v) is 8.69. The molecule has 1 aliphatic rings. The summed E-state index contributed by atoms with van der Waals surface area (Å²) in [6, 6.07) is 13.6. The van der Waals surface area contributed by atoms with Gasteiger partial charge >= 0.3 is 6.09 Å². The monoisotopic (exact) mass is 472 g/mol. The molecular formula is C26H28N6O3. The van der Waals surface area contributed by atoms with Crippen LogP contribution >= 0.6 is 0 Å². The second-order valence-electron chi connectivity index (χ2n) is 8.69. The molecule has 1 unspecified atom stereocenters. The van der Waals surface area contributed by atoms with Gasteiger partial charge < -0.3 is 19.6 Å². The highest BCUT2D eigenvalue weighted by Crippen LogP contribution is 2.33. The van der Waals surface area contributed by atoms with Crippen LogP contribution in [0.3, 0.4) is 0 Å². The van der Waals surface area contributed by atoms with Gasteiger partial charge in [0.2, 0.25) is 5.95 Å². The summed E-state index contributed by atoms with van der Waals surface area (Å²) in [5, 5.41) is 6.08. The minimum atomic E-state index is -0.581. The maximum atomic E-state index is 13.1. The molecule has 1 aromatic carbocycles. The van der Waals surface area contributed by atoms with Crippen LogP contribution in [0.2, 0.25) is 0 Å². The first kappa shape index (κ1) is 22.8. The average Bonchev–Trinajstić information content (AvgIpc) is 3.50. The number of carbonyl (C=O) groups is 1. The molecule has 5 rings (SSSR count). The number of nitrogens with one attached hydrogen (secondary N) is 3. The molecule has 4 aromatic rings. The lowest BCUT2D eigenvalue weighted by atomic mass is 9.99. The van der Waals surface area contributed by atoms with Crippen molar-refractivity contribution in [1.29, 1.82) is 0 Å². The maximum absolute atomic E-state index is 13.1. The van der Waals surface area contributed by atoms with Crippen LogP contribution in [0.25, 0.3) is 33.4 Å². The molecular weight excluding hydrogens is 444 g/mol. The van der Waals surface area contributed by atoms with E-state index in [0.717, 1.165) is 53.0 Å². The fourth-order valence-corrected chi connectivity index (χ4v) is 4.59. The Bertz CT molecular complexity index is 1420. The number of aromatic amines is 1. The van der Waals surface area contributed by atoms with Gasteiger partial charge in [0.05, 0.1) is 23.3 Å². The summed E-state index contributed by atoms with van der Waals surface area (Å²) in [6.07, 6.45) is 3.37. The predicted octanol–water partition coefficient (Wildman–Crippen LogP) is 4.08. The highest BCUT2D eigenvalue weighted by atomic mass is 16.5. The Morgan fingerprint density at radius 1 is 1.23 bits per heavy atom. The molecule has 4 heterocycles. The number of aryl methyl sites for hydroxylation is 1. The van der Waals surface area contributed by atoms with Crippen LogP contribution in [0.15, 0.2) is 53.5 Å². The predicted molar refractivity (Wildman–Crippen MR) is 135 cm³/mol. The lowest BCUT2D eigenvalue weighted by molar-refractivity contribution is 0.167. The van der Waals surface area contributed by atoms with E-state index in [0.29, 0.717) is 18.1 Å². The number of ether oxygens (including phenoxy) is 1. The minimum Gasteiger partial charge on any atom is -0.450 e. The summed E-state index contributed by atoms with van der Waals surface area (Å²) < 4.78 is 6.80. The van der Waals surface area contributed by atoms with Crippen LogP contribution in [-0.4, -0.2) is 44.8 Å². The van der Waals surface area contributed by atoms with Crippen LogP contribution in [-0.2, 0) is 11.3 Å². The number of fused-ring (bicyclic) bond motifs is 1. The second kappa shape index (κ2) is 9.71. The van der Waals surface area contributed by atoms with Crippen molar-refractivity contribution in [2.24, 2.45) is 0 Å². The number of rotatable bonds is 6. The van der Waals surface area contributed by atoms with Crippen LogP contribution in [0.4, 0.5) is 10.7 Å². The van der Waals surface area contributed by atoms with Gasteiger partial charge in [0, 0.05) is 36.1 Å². The number of nitrogens with zero attached hydrogens (tertiary/aromatic N) is 3. The van der Waals surface area contributed by atoms with Gasteiger partial charge in [-0.1, -0.05) is 6.07 Å². The van der Waals surface area contributed by atoms with Gasteiger partial charge in [0.25, 0.3) is 5.56 Å². The Balaban J connectivity index is 1.58. The van der Waals surface area contributed by atoms with E-state index in [1.165, 1.54) is 0 Å². The van der Waals surface area contributed by atoms with Gasteiger partial charge in [-0.05, 0) is 74.7 Å². The van der Waals surface area contributed by atoms with Gasteiger partial charge in [-0.3, -0.25) is 15.1 Å². The number of H-pyrrole nitrogens is 1. The number of benzene rings is 1. The molecule has 35 heavy (non-hydrogen) atoms. The van der Waals surface area contributed by atoms with Crippen LogP contribution in [0, 0.1) is 6.92 Å². The first-order chi connectivity index (χ1) is 17.0. The quantitative estimate of drug-likeness (QED) is 0.390. The topological polar surface area (TPSA) is 114 Å². The van der Waals surface area contributed by atoms with E-state index in [1.54, 1.807) is 19.2 Å². The number of hydrogen-bond donors (Lipinski definition) is 3. The molecule has 0 aliphatic carbocycles. The number of anilines is 1. The number of imidazole rings is 1. The molecule has 180 valence electrons. The minimum absolute atomic E-state index is 0.0279. The highest BCUT2D eigenvalue weighted by molar-refractivity contribution is 5.97. The zero-order valence-corrected chi connectivity index (χ0v) is 19.8.